The summed E-state index contributed by atoms with van der Waals surface area (Å²) >= 11 is 0. The highest BCUT2D eigenvalue weighted by Crippen LogP contribution is 2.08. The Morgan fingerprint density at radius 1 is 1.19 bits per heavy atom. The van der Waals surface area contributed by atoms with Crippen molar-refractivity contribution in [3.05, 3.63) is 35.6 Å². The van der Waals surface area contributed by atoms with Gasteiger partial charge in [-0.2, -0.15) is 0 Å². The number of hydrogen-bond donors (Lipinski definition) is 1. The molecule has 3 nitrogen and oxygen atoms in total. The summed E-state index contributed by atoms with van der Waals surface area (Å²) in [5, 5.41) is 2.49. The quantitative estimate of drug-likeness (QED) is 0.775. The number of carbonyl (C=O) groups excluding carboxylic acids is 2. The number of hydrogen-bond acceptors (Lipinski definition) is 2. The molecule has 0 fully saturated rings. The van der Waals surface area contributed by atoms with E-state index in [4.69, 9.17) is 0 Å². The van der Waals surface area contributed by atoms with Crippen LogP contribution in [0.1, 0.15) is 29.6 Å². The average molecular weight is 223 g/mol. The molecule has 0 saturated carbocycles. The van der Waals surface area contributed by atoms with Crippen LogP contribution in [0.5, 0.6) is 0 Å². The maximum Gasteiger partial charge on any atom is 0.219 e. The fraction of sp³-hybridized carbons (Fsp3) is 0.333. The molecule has 0 spiro atoms. The minimum Gasteiger partial charge on any atom is -0.359 e. The number of Topliss-reactive ketones (excluding diaryl/α,β-unsaturated/α-hetero) is 1. The number of carbonyl (C=O) groups is 2. The number of benzene rings is 1. The van der Waals surface area contributed by atoms with E-state index in [0.29, 0.717) is 24.8 Å². The molecule has 1 amide bonds. The van der Waals surface area contributed by atoms with Gasteiger partial charge in [0.05, 0.1) is 0 Å². The zero-order valence-electron chi connectivity index (χ0n) is 9.13. The minimum absolute atomic E-state index is 0.0658. The molecule has 0 radical (unpaired) electrons. The van der Waals surface area contributed by atoms with Gasteiger partial charge in [-0.3, -0.25) is 9.59 Å². The van der Waals surface area contributed by atoms with Crippen LogP contribution in [0.15, 0.2) is 24.3 Å². The van der Waals surface area contributed by atoms with Crippen molar-refractivity contribution in [1.29, 1.82) is 0 Å². The van der Waals surface area contributed by atoms with Crippen LogP contribution in [-0.2, 0) is 4.79 Å². The van der Waals surface area contributed by atoms with Crippen molar-refractivity contribution in [2.75, 3.05) is 7.05 Å². The highest BCUT2D eigenvalue weighted by atomic mass is 19.1. The van der Waals surface area contributed by atoms with Crippen molar-refractivity contribution in [2.24, 2.45) is 0 Å². The monoisotopic (exact) mass is 223 g/mol. The van der Waals surface area contributed by atoms with Crippen LogP contribution < -0.4 is 5.32 Å². The molecule has 4 heteroatoms. The van der Waals surface area contributed by atoms with E-state index < -0.39 is 0 Å². The number of rotatable bonds is 5. The van der Waals surface area contributed by atoms with Gasteiger partial charge >= 0.3 is 0 Å². The standard InChI is InChI=1S/C12H14FNO2/c1-14-12(16)4-2-3-11(15)9-5-7-10(13)8-6-9/h5-8H,2-4H2,1H3,(H,14,16). The Bertz CT molecular complexity index is 373. The first kappa shape index (κ1) is 12.4. The normalized spacial score (nSPS) is 9.88. The molecule has 0 aromatic heterocycles. The fourth-order valence-corrected chi connectivity index (χ4v) is 1.31. The van der Waals surface area contributed by atoms with Crippen LogP contribution in [-0.4, -0.2) is 18.7 Å². The summed E-state index contributed by atoms with van der Waals surface area (Å²) in [6.07, 6.45) is 1.15. The first-order valence-electron chi connectivity index (χ1n) is 5.13. The van der Waals surface area contributed by atoms with Crippen molar-refractivity contribution in [3.8, 4) is 0 Å². The lowest BCUT2D eigenvalue weighted by molar-refractivity contribution is -0.120. The summed E-state index contributed by atoms with van der Waals surface area (Å²) in [5.41, 5.74) is 0.485. The Balaban J connectivity index is 2.41. The Labute approximate surface area is 93.7 Å². The topological polar surface area (TPSA) is 46.2 Å². The molecular weight excluding hydrogens is 209 g/mol. The van der Waals surface area contributed by atoms with E-state index in [2.05, 4.69) is 5.32 Å². The van der Waals surface area contributed by atoms with Gasteiger partial charge in [0.2, 0.25) is 5.91 Å². The number of halogens is 1. The van der Waals surface area contributed by atoms with E-state index in [-0.39, 0.29) is 17.5 Å². The van der Waals surface area contributed by atoms with Crippen molar-refractivity contribution >= 4 is 11.7 Å². The average Bonchev–Trinajstić information content (AvgIpc) is 2.29. The third-order valence-electron chi connectivity index (χ3n) is 2.25. The van der Waals surface area contributed by atoms with E-state index in [0.717, 1.165) is 0 Å². The molecule has 0 aliphatic heterocycles. The minimum atomic E-state index is -0.359. The summed E-state index contributed by atoms with van der Waals surface area (Å²) in [6.45, 7) is 0. The lowest BCUT2D eigenvalue weighted by atomic mass is 10.1. The highest BCUT2D eigenvalue weighted by molar-refractivity contribution is 5.96. The van der Waals surface area contributed by atoms with E-state index in [1.807, 2.05) is 0 Å². The molecule has 0 unspecified atom stereocenters. The first-order valence-corrected chi connectivity index (χ1v) is 5.13. The van der Waals surface area contributed by atoms with Gasteiger partial charge in [0.15, 0.2) is 5.78 Å². The number of amides is 1. The van der Waals surface area contributed by atoms with Gasteiger partial charge in [-0.15, -0.1) is 0 Å². The summed E-state index contributed by atoms with van der Waals surface area (Å²) < 4.78 is 12.6. The predicted molar refractivity (Wildman–Crippen MR) is 58.6 cm³/mol. The molecule has 0 aliphatic carbocycles. The Morgan fingerprint density at radius 2 is 1.81 bits per heavy atom. The van der Waals surface area contributed by atoms with Crippen LogP contribution in [0, 0.1) is 5.82 Å². The summed E-state index contributed by atoms with van der Waals surface area (Å²) in [4.78, 5) is 22.5. The molecule has 0 saturated heterocycles. The second kappa shape index (κ2) is 6.00. The van der Waals surface area contributed by atoms with Crippen molar-refractivity contribution < 1.29 is 14.0 Å². The maximum atomic E-state index is 12.6. The molecule has 1 aromatic rings. The number of nitrogens with one attached hydrogen (secondary N) is 1. The van der Waals surface area contributed by atoms with Crippen LogP contribution in [0.3, 0.4) is 0 Å². The zero-order chi connectivity index (χ0) is 12.0. The molecule has 0 atom stereocenters. The molecule has 86 valence electrons. The summed E-state index contributed by atoms with van der Waals surface area (Å²) in [7, 11) is 1.56. The highest BCUT2D eigenvalue weighted by Gasteiger charge is 2.06. The van der Waals surface area contributed by atoms with Gasteiger partial charge in [0.1, 0.15) is 5.82 Å². The van der Waals surface area contributed by atoms with E-state index >= 15 is 0 Å². The van der Waals surface area contributed by atoms with Gasteiger partial charge < -0.3 is 5.32 Å². The van der Waals surface area contributed by atoms with E-state index in [1.54, 1.807) is 7.05 Å². The van der Waals surface area contributed by atoms with Gasteiger partial charge in [-0.25, -0.2) is 4.39 Å². The summed E-state index contributed by atoms with van der Waals surface area (Å²) in [5.74, 6) is -0.502. The Kier molecular flexibility index (Phi) is 4.64. The lowest BCUT2D eigenvalue weighted by Crippen LogP contribution is -2.17. The third-order valence-corrected chi connectivity index (χ3v) is 2.25. The third kappa shape index (κ3) is 3.81. The van der Waals surface area contributed by atoms with Crippen molar-refractivity contribution in [1.82, 2.24) is 5.32 Å². The second-order valence-corrected chi connectivity index (χ2v) is 3.46. The SMILES string of the molecule is CNC(=O)CCCC(=O)c1ccc(F)cc1. The fourth-order valence-electron chi connectivity index (χ4n) is 1.31. The molecular formula is C12H14FNO2. The summed E-state index contributed by atoms with van der Waals surface area (Å²) in [6, 6.07) is 5.42. The van der Waals surface area contributed by atoms with Crippen LogP contribution in [0.25, 0.3) is 0 Å². The van der Waals surface area contributed by atoms with Crippen molar-refractivity contribution in [3.63, 3.8) is 0 Å². The van der Waals surface area contributed by atoms with E-state index in [9.17, 15) is 14.0 Å². The van der Waals surface area contributed by atoms with Crippen LogP contribution >= 0.6 is 0 Å². The maximum absolute atomic E-state index is 12.6. The molecule has 0 heterocycles. The Hall–Kier alpha value is -1.71. The van der Waals surface area contributed by atoms with Gasteiger partial charge in [-0.1, -0.05) is 0 Å². The lowest BCUT2D eigenvalue weighted by Gasteiger charge is -2.01. The molecule has 1 aromatic carbocycles. The van der Waals surface area contributed by atoms with Crippen LogP contribution in [0.2, 0.25) is 0 Å². The predicted octanol–water partition coefficient (Wildman–Crippen LogP) is 1.92. The van der Waals surface area contributed by atoms with Crippen molar-refractivity contribution in [2.45, 2.75) is 19.3 Å². The van der Waals surface area contributed by atoms with Gasteiger partial charge in [0.25, 0.3) is 0 Å². The smallest absolute Gasteiger partial charge is 0.219 e. The molecule has 1 rings (SSSR count). The largest absolute Gasteiger partial charge is 0.359 e. The van der Waals surface area contributed by atoms with Gasteiger partial charge in [0, 0.05) is 25.5 Å². The number of ketones is 1. The molecule has 1 N–H and O–H groups in total. The second-order valence-electron chi connectivity index (χ2n) is 3.46. The Morgan fingerprint density at radius 3 is 2.38 bits per heavy atom. The first-order chi connectivity index (χ1) is 7.63. The van der Waals surface area contributed by atoms with E-state index in [1.165, 1.54) is 24.3 Å². The van der Waals surface area contributed by atoms with Crippen LogP contribution in [0.4, 0.5) is 4.39 Å². The zero-order valence-corrected chi connectivity index (χ0v) is 9.13. The molecule has 0 bridgehead atoms. The molecule has 0 aliphatic rings. The molecule has 16 heavy (non-hydrogen) atoms. The van der Waals surface area contributed by atoms with Gasteiger partial charge in [-0.05, 0) is 30.7 Å².